The van der Waals surface area contributed by atoms with Crippen LogP contribution in [0.25, 0.3) is 0 Å². The molecule has 4 rings (SSSR count). The van der Waals surface area contributed by atoms with Crippen molar-refractivity contribution in [2.75, 3.05) is 26.2 Å². The highest BCUT2D eigenvalue weighted by atomic mass is 16.7. The molecule has 0 bridgehead atoms. The molecule has 6 nitrogen and oxygen atoms in total. The second kappa shape index (κ2) is 7.00. The second-order valence-electron chi connectivity index (χ2n) is 7.89. The Bertz CT molecular complexity index is 614. The molecule has 0 N–H and O–H groups in total. The van der Waals surface area contributed by atoms with Gasteiger partial charge in [0, 0.05) is 43.5 Å². The van der Waals surface area contributed by atoms with Crippen LogP contribution in [0.15, 0.2) is 12.4 Å². The molecule has 1 aromatic heterocycles. The lowest BCUT2D eigenvalue weighted by molar-refractivity contribution is -0.204. The van der Waals surface area contributed by atoms with Crippen LogP contribution in [0.3, 0.4) is 0 Å². The minimum absolute atomic E-state index is 0.130. The Morgan fingerprint density at radius 2 is 2.08 bits per heavy atom. The van der Waals surface area contributed by atoms with E-state index in [0.29, 0.717) is 6.61 Å². The SMILES string of the molecule is Cc1ncc(CN2CC[C@@]3(CCC[C@H]3C(=O)N3CCCCO3)C2)cn1. The standard InChI is InChI=1S/C19H28N4O2/c1-15-20-11-16(12-21-15)13-22-9-7-19(14-22)6-4-5-17(19)18(24)23-8-2-3-10-25-23/h11-12,17H,2-10,13-14H2,1H3/t17-,19-/m0/s1. The van der Waals surface area contributed by atoms with Gasteiger partial charge in [0.15, 0.2) is 0 Å². The molecule has 1 aliphatic carbocycles. The third-order valence-electron chi connectivity index (χ3n) is 6.16. The summed E-state index contributed by atoms with van der Waals surface area (Å²) in [6.45, 7) is 6.29. The largest absolute Gasteiger partial charge is 0.298 e. The predicted molar refractivity (Wildman–Crippen MR) is 93.3 cm³/mol. The molecule has 1 amide bonds. The van der Waals surface area contributed by atoms with E-state index in [1.165, 1.54) is 0 Å². The minimum atomic E-state index is 0.130. The summed E-state index contributed by atoms with van der Waals surface area (Å²) in [7, 11) is 0. The summed E-state index contributed by atoms with van der Waals surface area (Å²) in [6, 6.07) is 0. The summed E-state index contributed by atoms with van der Waals surface area (Å²) in [5, 5.41) is 1.66. The van der Waals surface area contributed by atoms with Gasteiger partial charge in [-0.15, -0.1) is 0 Å². The van der Waals surface area contributed by atoms with Crippen molar-refractivity contribution in [1.82, 2.24) is 19.9 Å². The van der Waals surface area contributed by atoms with E-state index < -0.39 is 0 Å². The first-order valence-corrected chi connectivity index (χ1v) is 9.60. The highest BCUT2D eigenvalue weighted by molar-refractivity contribution is 5.79. The van der Waals surface area contributed by atoms with E-state index in [2.05, 4.69) is 14.9 Å². The summed E-state index contributed by atoms with van der Waals surface area (Å²) in [5.41, 5.74) is 1.30. The van der Waals surface area contributed by atoms with Gasteiger partial charge in [0.2, 0.25) is 5.91 Å². The molecule has 0 unspecified atom stereocenters. The number of nitrogens with zero attached hydrogens (tertiary/aromatic N) is 4. The van der Waals surface area contributed by atoms with Crippen molar-refractivity contribution in [2.24, 2.45) is 11.3 Å². The number of carbonyl (C=O) groups is 1. The first-order chi connectivity index (χ1) is 12.2. The van der Waals surface area contributed by atoms with Gasteiger partial charge in [-0.1, -0.05) is 6.42 Å². The average Bonchev–Trinajstić information content (AvgIpc) is 3.24. The Morgan fingerprint density at radius 1 is 1.24 bits per heavy atom. The molecule has 0 radical (unpaired) electrons. The van der Waals surface area contributed by atoms with Crippen molar-refractivity contribution >= 4 is 5.91 Å². The predicted octanol–water partition coefficient (Wildman–Crippen LogP) is 2.33. The number of hydrogen-bond donors (Lipinski definition) is 0. The maximum Gasteiger partial charge on any atom is 0.249 e. The summed E-state index contributed by atoms with van der Waals surface area (Å²) in [4.78, 5) is 29.7. The van der Waals surface area contributed by atoms with Crippen LogP contribution in [-0.4, -0.2) is 52.1 Å². The van der Waals surface area contributed by atoms with Crippen molar-refractivity contribution in [1.29, 1.82) is 0 Å². The third-order valence-corrected chi connectivity index (χ3v) is 6.16. The normalized spacial score (nSPS) is 30.3. The van der Waals surface area contributed by atoms with Gasteiger partial charge in [0.25, 0.3) is 0 Å². The topological polar surface area (TPSA) is 58.6 Å². The van der Waals surface area contributed by atoms with Crippen LogP contribution in [0.5, 0.6) is 0 Å². The van der Waals surface area contributed by atoms with E-state index >= 15 is 0 Å². The van der Waals surface area contributed by atoms with Crippen LogP contribution in [0, 0.1) is 18.3 Å². The van der Waals surface area contributed by atoms with Gasteiger partial charge in [-0.2, -0.15) is 0 Å². The van der Waals surface area contributed by atoms with Crippen molar-refractivity contribution in [3.8, 4) is 0 Å². The molecule has 1 saturated carbocycles. The molecule has 136 valence electrons. The molecule has 2 atom stereocenters. The summed E-state index contributed by atoms with van der Waals surface area (Å²) >= 11 is 0. The molecule has 6 heteroatoms. The molecule has 3 fully saturated rings. The van der Waals surface area contributed by atoms with Crippen molar-refractivity contribution in [3.05, 3.63) is 23.8 Å². The molecule has 3 aliphatic rings. The number of aryl methyl sites for hydroxylation is 1. The zero-order chi connectivity index (χ0) is 17.3. The van der Waals surface area contributed by atoms with Gasteiger partial charge >= 0.3 is 0 Å². The summed E-state index contributed by atoms with van der Waals surface area (Å²) in [6.07, 6.45) is 10.4. The zero-order valence-electron chi connectivity index (χ0n) is 15.1. The van der Waals surface area contributed by atoms with Crippen molar-refractivity contribution in [2.45, 2.75) is 52.0 Å². The van der Waals surface area contributed by atoms with E-state index in [0.717, 1.165) is 76.1 Å². The van der Waals surface area contributed by atoms with Crippen LogP contribution >= 0.6 is 0 Å². The van der Waals surface area contributed by atoms with Crippen LogP contribution < -0.4 is 0 Å². The van der Waals surface area contributed by atoms with E-state index in [-0.39, 0.29) is 17.2 Å². The summed E-state index contributed by atoms with van der Waals surface area (Å²) < 4.78 is 0. The maximum atomic E-state index is 13.0. The lowest BCUT2D eigenvalue weighted by Gasteiger charge is -2.35. The Hall–Kier alpha value is -1.53. The molecule has 2 aliphatic heterocycles. The molecule has 25 heavy (non-hydrogen) atoms. The first-order valence-electron chi connectivity index (χ1n) is 9.60. The number of likely N-dealkylation sites (tertiary alicyclic amines) is 1. The van der Waals surface area contributed by atoms with Gasteiger partial charge in [0.05, 0.1) is 6.61 Å². The Kier molecular flexibility index (Phi) is 4.73. The van der Waals surface area contributed by atoms with E-state index in [4.69, 9.17) is 4.84 Å². The van der Waals surface area contributed by atoms with Crippen molar-refractivity contribution < 1.29 is 9.63 Å². The van der Waals surface area contributed by atoms with Crippen LogP contribution in [0.4, 0.5) is 0 Å². The number of carbonyl (C=O) groups excluding carboxylic acids is 1. The lowest BCUT2D eigenvalue weighted by atomic mass is 9.76. The smallest absolute Gasteiger partial charge is 0.249 e. The van der Waals surface area contributed by atoms with Crippen LogP contribution in [-0.2, 0) is 16.2 Å². The van der Waals surface area contributed by atoms with Gasteiger partial charge in [0.1, 0.15) is 5.82 Å². The highest BCUT2D eigenvalue weighted by Crippen LogP contribution is 2.50. The first kappa shape index (κ1) is 16.9. The molecular formula is C19H28N4O2. The fourth-order valence-electron chi connectivity index (χ4n) is 4.84. The molecule has 2 saturated heterocycles. The monoisotopic (exact) mass is 344 g/mol. The fraction of sp³-hybridized carbons (Fsp3) is 0.737. The Morgan fingerprint density at radius 3 is 2.84 bits per heavy atom. The van der Waals surface area contributed by atoms with E-state index in [9.17, 15) is 4.79 Å². The van der Waals surface area contributed by atoms with Crippen LogP contribution in [0.2, 0.25) is 0 Å². The number of hydroxylamine groups is 2. The quantitative estimate of drug-likeness (QED) is 0.842. The van der Waals surface area contributed by atoms with Gasteiger partial charge in [-0.3, -0.25) is 14.5 Å². The molecule has 0 aromatic carbocycles. The Labute approximate surface area is 149 Å². The Balaban J connectivity index is 1.42. The number of aromatic nitrogens is 2. The number of amides is 1. The molecule has 3 heterocycles. The van der Waals surface area contributed by atoms with Gasteiger partial charge < -0.3 is 0 Å². The summed E-state index contributed by atoms with van der Waals surface area (Å²) in [5.74, 6) is 1.17. The molecule has 1 aromatic rings. The van der Waals surface area contributed by atoms with Gasteiger partial charge in [-0.25, -0.2) is 15.0 Å². The van der Waals surface area contributed by atoms with Crippen molar-refractivity contribution in [3.63, 3.8) is 0 Å². The van der Waals surface area contributed by atoms with E-state index in [1.54, 1.807) is 5.06 Å². The highest BCUT2D eigenvalue weighted by Gasteiger charge is 2.51. The molecule has 1 spiro atoms. The minimum Gasteiger partial charge on any atom is -0.298 e. The lowest BCUT2D eigenvalue weighted by Crippen LogP contribution is -2.45. The molecular weight excluding hydrogens is 316 g/mol. The average molecular weight is 344 g/mol. The van der Waals surface area contributed by atoms with Gasteiger partial charge in [-0.05, 0) is 51.0 Å². The third kappa shape index (κ3) is 3.42. The second-order valence-corrected chi connectivity index (χ2v) is 7.89. The number of rotatable bonds is 3. The van der Waals surface area contributed by atoms with Crippen LogP contribution in [0.1, 0.15) is 49.9 Å². The fourth-order valence-corrected chi connectivity index (χ4v) is 4.84. The zero-order valence-corrected chi connectivity index (χ0v) is 15.1. The van der Waals surface area contributed by atoms with E-state index in [1.807, 2.05) is 19.3 Å². The maximum absolute atomic E-state index is 13.0. The number of hydrogen-bond acceptors (Lipinski definition) is 5.